The maximum atomic E-state index is 3.55. The molecule has 0 aromatic rings. The Labute approximate surface area is 70.0 Å². The molecular formula is C9H20N2. The van der Waals surface area contributed by atoms with Crippen LogP contribution in [-0.4, -0.2) is 37.6 Å². The summed E-state index contributed by atoms with van der Waals surface area (Å²) in [6.07, 6.45) is 0. The van der Waals surface area contributed by atoms with Crippen LogP contribution in [-0.2, 0) is 0 Å². The van der Waals surface area contributed by atoms with Crippen molar-refractivity contribution in [2.75, 3.05) is 26.7 Å². The molecule has 1 heterocycles. The van der Waals surface area contributed by atoms with Crippen LogP contribution < -0.4 is 5.32 Å². The maximum absolute atomic E-state index is 3.55. The lowest BCUT2D eigenvalue weighted by molar-refractivity contribution is 0.156. The highest BCUT2D eigenvalue weighted by molar-refractivity contribution is 4.85. The molecule has 1 unspecified atom stereocenters. The van der Waals surface area contributed by atoms with E-state index in [-0.39, 0.29) is 0 Å². The third-order valence-corrected chi connectivity index (χ3v) is 2.42. The number of likely N-dealkylation sites (N-methyl/N-ethyl adjacent to an activating group) is 1. The molecule has 1 atom stereocenters. The molecule has 2 heteroatoms. The Bertz CT molecular complexity index is 126. The normalized spacial score (nSPS) is 28.9. The first-order valence-electron chi connectivity index (χ1n) is 4.42. The summed E-state index contributed by atoms with van der Waals surface area (Å²) < 4.78 is 0. The van der Waals surface area contributed by atoms with Crippen LogP contribution in [0.15, 0.2) is 0 Å². The van der Waals surface area contributed by atoms with Gasteiger partial charge in [-0.25, -0.2) is 0 Å². The predicted octanol–water partition coefficient (Wildman–Crippen LogP) is 0.936. The molecular weight excluding hydrogens is 136 g/mol. The van der Waals surface area contributed by atoms with E-state index in [0.717, 1.165) is 6.54 Å². The van der Waals surface area contributed by atoms with Gasteiger partial charge in [0, 0.05) is 25.7 Å². The first kappa shape index (κ1) is 9.01. The van der Waals surface area contributed by atoms with Gasteiger partial charge in [0.15, 0.2) is 0 Å². The average Bonchev–Trinajstić information content (AvgIpc) is 1.86. The summed E-state index contributed by atoms with van der Waals surface area (Å²) in [7, 11) is 2.19. The van der Waals surface area contributed by atoms with E-state index < -0.39 is 0 Å². The van der Waals surface area contributed by atoms with Gasteiger partial charge < -0.3 is 10.2 Å². The molecule has 1 aliphatic heterocycles. The van der Waals surface area contributed by atoms with Crippen molar-refractivity contribution in [3.63, 3.8) is 0 Å². The number of rotatable bonds is 0. The number of hydrogen-bond acceptors (Lipinski definition) is 2. The summed E-state index contributed by atoms with van der Waals surface area (Å²) in [5.74, 6) is 0. The highest BCUT2D eigenvalue weighted by Gasteiger charge is 2.27. The Hall–Kier alpha value is -0.0800. The fourth-order valence-corrected chi connectivity index (χ4v) is 1.48. The summed E-state index contributed by atoms with van der Waals surface area (Å²) in [6.45, 7) is 10.4. The molecule has 0 aliphatic carbocycles. The highest BCUT2D eigenvalue weighted by Crippen LogP contribution is 2.20. The molecule has 1 rings (SSSR count). The summed E-state index contributed by atoms with van der Waals surface area (Å²) in [4.78, 5) is 2.40. The zero-order valence-corrected chi connectivity index (χ0v) is 8.15. The second kappa shape index (κ2) is 3.11. The molecule has 0 radical (unpaired) electrons. The van der Waals surface area contributed by atoms with Crippen molar-refractivity contribution in [3.8, 4) is 0 Å². The predicted molar refractivity (Wildman–Crippen MR) is 48.7 cm³/mol. The van der Waals surface area contributed by atoms with Crippen LogP contribution in [0.1, 0.15) is 20.8 Å². The molecule has 0 amide bonds. The van der Waals surface area contributed by atoms with Gasteiger partial charge in [0.05, 0.1) is 0 Å². The van der Waals surface area contributed by atoms with E-state index in [1.807, 2.05) is 0 Å². The first-order valence-corrected chi connectivity index (χ1v) is 4.42. The van der Waals surface area contributed by atoms with Crippen LogP contribution in [0.3, 0.4) is 0 Å². The minimum Gasteiger partial charge on any atom is -0.311 e. The van der Waals surface area contributed by atoms with Gasteiger partial charge in [0.25, 0.3) is 0 Å². The fourth-order valence-electron chi connectivity index (χ4n) is 1.48. The van der Waals surface area contributed by atoms with E-state index in [2.05, 4.69) is 38.0 Å². The van der Waals surface area contributed by atoms with Crippen LogP contribution in [0, 0.1) is 5.41 Å². The maximum Gasteiger partial charge on any atom is 0.0243 e. The van der Waals surface area contributed by atoms with E-state index in [9.17, 15) is 0 Å². The number of hydrogen-bond donors (Lipinski definition) is 1. The third kappa shape index (κ3) is 2.46. The first-order chi connectivity index (χ1) is 5.00. The van der Waals surface area contributed by atoms with Gasteiger partial charge in [-0.1, -0.05) is 20.8 Å². The molecule has 0 bridgehead atoms. The Kier molecular flexibility index (Phi) is 2.55. The topological polar surface area (TPSA) is 15.3 Å². The molecule has 1 aliphatic rings. The Morgan fingerprint density at radius 1 is 1.36 bits per heavy atom. The van der Waals surface area contributed by atoms with Crippen molar-refractivity contribution in [1.82, 2.24) is 10.2 Å². The van der Waals surface area contributed by atoms with Crippen molar-refractivity contribution in [3.05, 3.63) is 0 Å². The van der Waals surface area contributed by atoms with Crippen molar-refractivity contribution >= 4 is 0 Å². The monoisotopic (exact) mass is 156 g/mol. The van der Waals surface area contributed by atoms with Crippen molar-refractivity contribution < 1.29 is 0 Å². The molecule has 0 aromatic heterocycles. The van der Waals surface area contributed by atoms with Crippen molar-refractivity contribution in [2.24, 2.45) is 5.41 Å². The van der Waals surface area contributed by atoms with Crippen LogP contribution in [0.25, 0.3) is 0 Å². The molecule has 0 spiro atoms. The highest BCUT2D eigenvalue weighted by atomic mass is 15.2. The number of piperazine rings is 1. The van der Waals surface area contributed by atoms with Gasteiger partial charge in [-0.2, -0.15) is 0 Å². The fraction of sp³-hybridized carbons (Fsp3) is 1.00. The number of nitrogens with zero attached hydrogens (tertiary/aromatic N) is 1. The van der Waals surface area contributed by atoms with E-state index in [4.69, 9.17) is 0 Å². The molecule has 2 nitrogen and oxygen atoms in total. The van der Waals surface area contributed by atoms with Crippen LogP contribution in [0.2, 0.25) is 0 Å². The molecule has 0 aromatic carbocycles. The third-order valence-electron chi connectivity index (χ3n) is 2.42. The molecule has 1 N–H and O–H groups in total. The van der Waals surface area contributed by atoms with Gasteiger partial charge >= 0.3 is 0 Å². The van der Waals surface area contributed by atoms with Gasteiger partial charge in [-0.15, -0.1) is 0 Å². The SMILES string of the molecule is CN1CCNC(C(C)(C)C)C1. The zero-order chi connectivity index (χ0) is 8.48. The van der Waals surface area contributed by atoms with E-state index in [1.165, 1.54) is 13.1 Å². The van der Waals surface area contributed by atoms with Gasteiger partial charge in [0.2, 0.25) is 0 Å². The summed E-state index contributed by atoms with van der Waals surface area (Å²) in [6, 6.07) is 0.654. The van der Waals surface area contributed by atoms with Crippen molar-refractivity contribution in [2.45, 2.75) is 26.8 Å². The molecule has 1 fully saturated rings. The van der Waals surface area contributed by atoms with Gasteiger partial charge in [-0.05, 0) is 12.5 Å². The van der Waals surface area contributed by atoms with E-state index in [0.29, 0.717) is 11.5 Å². The molecule has 0 saturated carbocycles. The number of nitrogens with one attached hydrogen (secondary N) is 1. The summed E-state index contributed by atoms with van der Waals surface area (Å²) in [5, 5.41) is 3.55. The second-order valence-corrected chi connectivity index (χ2v) is 4.63. The summed E-state index contributed by atoms with van der Waals surface area (Å²) >= 11 is 0. The smallest absolute Gasteiger partial charge is 0.0243 e. The lowest BCUT2D eigenvalue weighted by atomic mass is 9.85. The average molecular weight is 156 g/mol. The van der Waals surface area contributed by atoms with Crippen LogP contribution >= 0.6 is 0 Å². The Morgan fingerprint density at radius 2 is 2.00 bits per heavy atom. The Morgan fingerprint density at radius 3 is 2.36 bits per heavy atom. The van der Waals surface area contributed by atoms with Gasteiger partial charge in [0.1, 0.15) is 0 Å². The summed E-state index contributed by atoms with van der Waals surface area (Å²) in [5.41, 5.74) is 0.398. The Balaban J connectivity index is 2.46. The van der Waals surface area contributed by atoms with Crippen molar-refractivity contribution in [1.29, 1.82) is 0 Å². The molecule has 66 valence electrons. The minimum atomic E-state index is 0.398. The minimum absolute atomic E-state index is 0.398. The van der Waals surface area contributed by atoms with Crippen LogP contribution in [0.4, 0.5) is 0 Å². The lowest BCUT2D eigenvalue weighted by Crippen LogP contribution is -2.54. The van der Waals surface area contributed by atoms with Gasteiger partial charge in [-0.3, -0.25) is 0 Å². The van der Waals surface area contributed by atoms with E-state index in [1.54, 1.807) is 0 Å². The standard InChI is InChI=1S/C9H20N2/c1-9(2,3)8-7-11(4)6-5-10-8/h8,10H,5-7H2,1-4H3. The second-order valence-electron chi connectivity index (χ2n) is 4.63. The quantitative estimate of drug-likeness (QED) is 0.561. The van der Waals surface area contributed by atoms with Crippen LogP contribution in [0.5, 0.6) is 0 Å². The largest absolute Gasteiger partial charge is 0.311 e. The molecule has 1 saturated heterocycles. The van der Waals surface area contributed by atoms with E-state index >= 15 is 0 Å². The lowest BCUT2D eigenvalue weighted by Gasteiger charge is -2.38. The zero-order valence-electron chi connectivity index (χ0n) is 8.15. The molecule has 11 heavy (non-hydrogen) atoms.